The summed E-state index contributed by atoms with van der Waals surface area (Å²) in [6.07, 6.45) is 0. The molecule has 2 fully saturated rings. The average Bonchev–Trinajstić information content (AvgIpc) is 2.69. The van der Waals surface area contributed by atoms with Gasteiger partial charge in [-0.25, -0.2) is 0 Å². The van der Waals surface area contributed by atoms with Gasteiger partial charge in [0.2, 0.25) is 11.8 Å². The van der Waals surface area contributed by atoms with E-state index in [0.717, 1.165) is 0 Å². The van der Waals surface area contributed by atoms with E-state index in [1.807, 2.05) is 32.6 Å². The van der Waals surface area contributed by atoms with Crippen molar-refractivity contribution in [2.24, 2.45) is 11.8 Å². The molecule has 0 saturated carbocycles. The van der Waals surface area contributed by atoms with Crippen molar-refractivity contribution in [3.8, 4) is 0 Å². The Morgan fingerprint density at radius 3 is 1.89 bits per heavy atom. The van der Waals surface area contributed by atoms with Gasteiger partial charge in [-0.3, -0.25) is 9.59 Å². The van der Waals surface area contributed by atoms with E-state index < -0.39 is 0 Å². The van der Waals surface area contributed by atoms with Crippen LogP contribution < -0.4 is 0 Å². The Hall–Kier alpha value is -1.10. The van der Waals surface area contributed by atoms with E-state index in [1.54, 1.807) is 4.90 Å². The van der Waals surface area contributed by atoms with Crippen LogP contribution in [0.4, 0.5) is 0 Å². The number of likely N-dealkylation sites (tertiary alicyclic amines) is 1. The van der Waals surface area contributed by atoms with E-state index >= 15 is 0 Å². The number of hydrogen-bond donors (Lipinski definition) is 0. The molecule has 1 spiro atoms. The normalized spacial score (nSPS) is 21.9. The Bertz CT molecular complexity index is 359. The van der Waals surface area contributed by atoms with E-state index in [1.165, 1.54) is 0 Å². The van der Waals surface area contributed by atoms with Gasteiger partial charge in [-0.1, -0.05) is 27.7 Å². The molecule has 0 radical (unpaired) electrons. The number of hydrogen-bond acceptors (Lipinski definition) is 3. The topological polar surface area (TPSA) is 49.9 Å². The Morgan fingerprint density at radius 1 is 0.944 bits per heavy atom. The maximum Gasteiger partial charge on any atom is 0.227 e. The van der Waals surface area contributed by atoms with Crippen molar-refractivity contribution >= 4 is 11.8 Å². The predicted octanol–water partition coefficient (Wildman–Crippen LogP) is 0.696. The molecule has 0 bridgehead atoms. The Kier molecular flexibility index (Phi) is 3.36. The van der Waals surface area contributed by atoms with Gasteiger partial charge in [0.1, 0.15) is 12.3 Å². The summed E-state index contributed by atoms with van der Waals surface area (Å²) in [5.74, 6) is 0.313. The lowest BCUT2D eigenvalue weighted by Gasteiger charge is -2.47. The lowest BCUT2D eigenvalue weighted by atomic mass is 9.92. The second-order valence-corrected chi connectivity index (χ2v) is 6.00. The van der Waals surface area contributed by atoms with Crippen LogP contribution in [0.25, 0.3) is 0 Å². The molecule has 5 heteroatoms. The van der Waals surface area contributed by atoms with Gasteiger partial charge in [0, 0.05) is 11.8 Å². The van der Waals surface area contributed by atoms with E-state index in [-0.39, 0.29) is 29.3 Å². The molecule has 0 unspecified atom stereocenters. The van der Waals surface area contributed by atoms with E-state index in [2.05, 4.69) is 0 Å². The summed E-state index contributed by atoms with van der Waals surface area (Å²) in [7, 11) is 0. The lowest BCUT2D eigenvalue weighted by molar-refractivity contribution is -0.159. The van der Waals surface area contributed by atoms with Crippen molar-refractivity contribution in [2.75, 3.05) is 26.4 Å². The van der Waals surface area contributed by atoms with Crippen LogP contribution in [0, 0.1) is 11.8 Å². The van der Waals surface area contributed by atoms with Crippen molar-refractivity contribution in [2.45, 2.75) is 33.3 Å². The Morgan fingerprint density at radius 2 is 1.39 bits per heavy atom. The maximum absolute atomic E-state index is 11.9. The van der Waals surface area contributed by atoms with Crippen molar-refractivity contribution in [3.05, 3.63) is 0 Å². The summed E-state index contributed by atoms with van der Waals surface area (Å²) in [5.41, 5.74) is -0.297. The lowest BCUT2D eigenvalue weighted by Crippen LogP contribution is -2.66. The van der Waals surface area contributed by atoms with Crippen LogP contribution >= 0.6 is 0 Å². The highest BCUT2D eigenvalue weighted by Gasteiger charge is 2.52. The fraction of sp³-hybridized carbons (Fsp3) is 0.846. The van der Waals surface area contributed by atoms with Crippen molar-refractivity contribution in [1.82, 2.24) is 9.80 Å². The monoisotopic (exact) mass is 254 g/mol. The van der Waals surface area contributed by atoms with Gasteiger partial charge in [-0.05, 0) is 0 Å². The minimum atomic E-state index is -0.297. The van der Waals surface area contributed by atoms with Gasteiger partial charge in [-0.15, -0.1) is 0 Å². The number of amides is 2. The van der Waals surface area contributed by atoms with Gasteiger partial charge in [-0.2, -0.15) is 0 Å². The molecule has 0 atom stereocenters. The van der Waals surface area contributed by atoms with Crippen LogP contribution in [0.5, 0.6) is 0 Å². The van der Waals surface area contributed by atoms with Gasteiger partial charge in [0.25, 0.3) is 0 Å². The highest BCUT2D eigenvalue weighted by atomic mass is 16.5. The van der Waals surface area contributed by atoms with Crippen LogP contribution in [-0.2, 0) is 14.3 Å². The quantitative estimate of drug-likeness (QED) is 0.728. The maximum atomic E-state index is 11.9. The standard InChI is InChI=1S/C13H22N2O3/c1-9(2)11(16)14-5-13(6-14)7-15(8-18-13)12(17)10(3)4/h9-10H,5-8H2,1-4H3. The largest absolute Gasteiger partial charge is 0.349 e. The van der Waals surface area contributed by atoms with Crippen LogP contribution in [0.2, 0.25) is 0 Å². The highest BCUT2D eigenvalue weighted by Crippen LogP contribution is 2.32. The van der Waals surface area contributed by atoms with Crippen LogP contribution in [0.3, 0.4) is 0 Å². The molecular weight excluding hydrogens is 232 g/mol. The zero-order valence-electron chi connectivity index (χ0n) is 11.6. The molecule has 5 nitrogen and oxygen atoms in total. The number of nitrogens with zero attached hydrogens (tertiary/aromatic N) is 2. The first-order valence-corrected chi connectivity index (χ1v) is 6.56. The van der Waals surface area contributed by atoms with Gasteiger partial charge < -0.3 is 14.5 Å². The Balaban J connectivity index is 1.88. The summed E-state index contributed by atoms with van der Waals surface area (Å²) >= 11 is 0. The predicted molar refractivity (Wildman–Crippen MR) is 66.7 cm³/mol. The van der Waals surface area contributed by atoms with Gasteiger partial charge >= 0.3 is 0 Å². The minimum absolute atomic E-state index is 0.00257. The first-order chi connectivity index (χ1) is 8.34. The number of carbonyl (C=O) groups excluding carboxylic acids is 2. The zero-order valence-corrected chi connectivity index (χ0v) is 11.6. The molecule has 2 rings (SSSR count). The van der Waals surface area contributed by atoms with Crippen molar-refractivity contribution in [3.63, 3.8) is 0 Å². The molecule has 0 aromatic heterocycles. The molecule has 2 heterocycles. The second kappa shape index (κ2) is 4.53. The average molecular weight is 254 g/mol. The fourth-order valence-electron chi connectivity index (χ4n) is 2.52. The van der Waals surface area contributed by atoms with Crippen LogP contribution in [0.15, 0.2) is 0 Å². The minimum Gasteiger partial charge on any atom is -0.349 e. The molecular formula is C13H22N2O3. The summed E-state index contributed by atoms with van der Waals surface area (Å²) in [6, 6.07) is 0. The highest BCUT2D eigenvalue weighted by molar-refractivity contribution is 5.80. The van der Waals surface area contributed by atoms with Gasteiger partial charge in [0.15, 0.2) is 0 Å². The van der Waals surface area contributed by atoms with Crippen LogP contribution in [0.1, 0.15) is 27.7 Å². The molecule has 18 heavy (non-hydrogen) atoms. The SMILES string of the molecule is CC(C)C(=O)N1COC2(C1)CN(C(=O)C(C)C)C2. The number of carbonyl (C=O) groups is 2. The third-order valence-electron chi connectivity index (χ3n) is 3.57. The fourth-order valence-corrected chi connectivity index (χ4v) is 2.52. The molecule has 0 aliphatic carbocycles. The number of ether oxygens (including phenoxy) is 1. The molecule has 0 aromatic carbocycles. The second-order valence-electron chi connectivity index (χ2n) is 6.00. The van der Waals surface area contributed by atoms with Crippen molar-refractivity contribution in [1.29, 1.82) is 0 Å². The molecule has 2 aliphatic rings. The number of rotatable bonds is 2. The Labute approximate surface area is 108 Å². The van der Waals surface area contributed by atoms with Crippen LogP contribution in [-0.4, -0.2) is 53.6 Å². The summed E-state index contributed by atoms with van der Waals surface area (Å²) in [4.78, 5) is 27.2. The first kappa shape index (κ1) is 13.3. The molecule has 2 amide bonds. The zero-order chi connectivity index (χ0) is 13.5. The van der Waals surface area contributed by atoms with E-state index in [9.17, 15) is 9.59 Å². The van der Waals surface area contributed by atoms with E-state index in [0.29, 0.717) is 26.4 Å². The van der Waals surface area contributed by atoms with Gasteiger partial charge in [0.05, 0.1) is 19.6 Å². The summed E-state index contributed by atoms with van der Waals surface area (Å²) in [6.45, 7) is 9.80. The molecule has 0 N–H and O–H groups in total. The molecule has 102 valence electrons. The smallest absolute Gasteiger partial charge is 0.227 e. The third kappa shape index (κ3) is 2.23. The summed E-state index contributed by atoms with van der Waals surface area (Å²) < 4.78 is 5.73. The first-order valence-electron chi connectivity index (χ1n) is 6.56. The summed E-state index contributed by atoms with van der Waals surface area (Å²) in [5, 5.41) is 0. The molecule has 2 aliphatic heterocycles. The molecule has 0 aromatic rings. The third-order valence-corrected chi connectivity index (χ3v) is 3.57. The van der Waals surface area contributed by atoms with E-state index in [4.69, 9.17) is 4.74 Å². The molecule has 2 saturated heterocycles. The van der Waals surface area contributed by atoms with Crippen molar-refractivity contribution < 1.29 is 14.3 Å².